The number of esters is 4. The molecule has 0 saturated heterocycles. The van der Waals surface area contributed by atoms with Crippen LogP contribution in [0.2, 0.25) is 0 Å². The lowest BCUT2D eigenvalue weighted by Gasteiger charge is -2.21. The molecule has 0 amide bonds. The minimum absolute atomic E-state index is 0.104. The van der Waals surface area contributed by atoms with Crippen molar-refractivity contribution in [3.63, 3.8) is 0 Å². The van der Waals surface area contributed by atoms with Gasteiger partial charge in [-0.1, -0.05) is 389 Å². The molecule has 0 rings (SSSR count). The highest BCUT2D eigenvalue weighted by Gasteiger charge is 2.30. The Labute approximate surface area is 632 Å². The first kappa shape index (κ1) is 101. The van der Waals surface area contributed by atoms with Crippen molar-refractivity contribution in [2.75, 3.05) is 39.6 Å². The molecular weight excluding hydrogens is 1340 g/mol. The largest absolute Gasteiger partial charge is 0.472 e. The van der Waals surface area contributed by atoms with Crippen LogP contribution in [0, 0.1) is 17.8 Å². The van der Waals surface area contributed by atoms with Crippen molar-refractivity contribution < 1.29 is 80.2 Å². The van der Waals surface area contributed by atoms with Crippen LogP contribution in [0.25, 0.3) is 0 Å². The highest BCUT2D eigenvalue weighted by molar-refractivity contribution is 7.47. The summed E-state index contributed by atoms with van der Waals surface area (Å²) in [6, 6.07) is 0. The first-order chi connectivity index (χ1) is 49.8. The molecule has 0 aliphatic heterocycles. The lowest BCUT2D eigenvalue weighted by atomic mass is 9.99. The number of hydrogen-bond donors (Lipinski definition) is 3. The van der Waals surface area contributed by atoms with Gasteiger partial charge < -0.3 is 33.8 Å². The molecule has 7 atom stereocenters. The van der Waals surface area contributed by atoms with E-state index in [1.807, 2.05) is 0 Å². The molecule has 0 aliphatic carbocycles. The summed E-state index contributed by atoms with van der Waals surface area (Å²) in [5.74, 6) is 0.207. The Hall–Kier alpha value is -1.94. The molecule has 0 radical (unpaired) electrons. The van der Waals surface area contributed by atoms with Gasteiger partial charge in [0.2, 0.25) is 0 Å². The molecule has 0 heterocycles. The van der Waals surface area contributed by atoms with Gasteiger partial charge in [-0.2, -0.15) is 0 Å². The van der Waals surface area contributed by atoms with Crippen LogP contribution in [0.5, 0.6) is 0 Å². The van der Waals surface area contributed by atoms with Gasteiger partial charge in [0.05, 0.1) is 26.4 Å². The van der Waals surface area contributed by atoms with Gasteiger partial charge in [-0.05, 0) is 43.4 Å². The van der Waals surface area contributed by atoms with E-state index in [0.29, 0.717) is 31.6 Å². The summed E-state index contributed by atoms with van der Waals surface area (Å²) in [7, 11) is -9.92. The Morgan fingerprint density at radius 2 is 0.495 bits per heavy atom. The zero-order valence-electron chi connectivity index (χ0n) is 67.8. The molecule has 17 nitrogen and oxygen atoms in total. The number of hydrogen-bond acceptors (Lipinski definition) is 15. The maximum atomic E-state index is 13.1. The summed E-state index contributed by atoms with van der Waals surface area (Å²) in [5.41, 5.74) is 0. The van der Waals surface area contributed by atoms with Gasteiger partial charge in [-0.15, -0.1) is 0 Å². The first-order valence-corrected chi connectivity index (χ1v) is 46.4. The van der Waals surface area contributed by atoms with Gasteiger partial charge >= 0.3 is 39.5 Å². The maximum absolute atomic E-state index is 13.1. The van der Waals surface area contributed by atoms with Crippen molar-refractivity contribution in [3.8, 4) is 0 Å². The monoisotopic (exact) mass is 1510 g/mol. The highest BCUT2D eigenvalue weighted by Crippen LogP contribution is 2.45. The third kappa shape index (κ3) is 75.3. The van der Waals surface area contributed by atoms with E-state index in [0.717, 1.165) is 108 Å². The fourth-order valence-electron chi connectivity index (χ4n) is 13.0. The molecule has 19 heteroatoms. The Bertz CT molecular complexity index is 2000. The van der Waals surface area contributed by atoms with E-state index in [1.165, 1.54) is 244 Å². The second kappa shape index (κ2) is 74.2. The summed E-state index contributed by atoms with van der Waals surface area (Å²) >= 11 is 0. The predicted molar refractivity (Wildman–Crippen MR) is 423 cm³/mol. The molecular formula is C84H164O17P2. The van der Waals surface area contributed by atoms with Crippen LogP contribution in [0.15, 0.2) is 0 Å². The van der Waals surface area contributed by atoms with Crippen molar-refractivity contribution in [2.45, 2.75) is 458 Å². The Kier molecular flexibility index (Phi) is 72.8. The molecule has 0 fully saturated rings. The van der Waals surface area contributed by atoms with E-state index < -0.39 is 97.5 Å². The number of carbonyl (C=O) groups excluding carboxylic acids is 4. The van der Waals surface area contributed by atoms with Crippen molar-refractivity contribution in [1.82, 2.24) is 0 Å². The molecule has 0 saturated carbocycles. The molecule has 612 valence electrons. The summed E-state index contributed by atoms with van der Waals surface area (Å²) in [4.78, 5) is 73.0. The standard InChI is InChI=1S/C84H164O17P2/c1-8-11-12-13-14-15-16-17-18-19-20-21-25-28-31-34-37-43-51-58-65-81(86)94-71-79(100-83(88)67-60-53-44-38-35-32-29-26-23-22-24-27-30-33-36-41-49-56-63-76(6)9-2)73-98-102(90,91)96-69-78(85)70-97-103(92,93)99-74-80(72-95-82(87)66-59-52-47-46-48-55-62-75(4)5)101-84(89)68-61-54-45-40-39-42-50-57-64-77(7)10-3/h75-80,85H,8-74H2,1-7H3,(H,90,91)(H,92,93)/t76?,77?,78-,79-,80-/m1/s1. The number of aliphatic hydroxyl groups excluding tert-OH is 1. The number of rotatable bonds is 82. The van der Waals surface area contributed by atoms with E-state index in [2.05, 4.69) is 48.5 Å². The fraction of sp³-hybridized carbons (Fsp3) is 0.952. The Morgan fingerprint density at radius 1 is 0.282 bits per heavy atom. The maximum Gasteiger partial charge on any atom is 0.472 e. The molecule has 0 bridgehead atoms. The minimum Gasteiger partial charge on any atom is -0.462 e. The van der Waals surface area contributed by atoms with Crippen molar-refractivity contribution >= 4 is 39.5 Å². The van der Waals surface area contributed by atoms with Crippen molar-refractivity contribution in [2.24, 2.45) is 17.8 Å². The van der Waals surface area contributed by atoms with Crippen molar-refractivity contribution in [3.05, 3.63) is 0 Å². The lowest BCUT2D eigenvalue weighted by Crippen LogP contribution is -2.30. The van der Waals surface area contributed by atoms with Crippen molar-refractivity contribution in [1.29, 1.82) is 0 Å². The van der Waals surface area contributed by atoms with Gasteiger partial charge in [0.1, 0.15) is 19.3 Å². The molecule has 103 heavy (non-hydrogen) atoms. The van der Waals surface area contributed by atoms with Gasteiger partial charge in [-0.25, -0.2) is 9.13 Å². The van der Waals surface area contributed by atoms with E-state index in [-0.39, 0.29) is 25.7 Å². The van der Waals surface area contributed by atoms with Crippen LogP contribution < -0.4 is 0 Å². The summed E-state index contributed by atoms with van der Waals surface area (Å²) in [6.07, 6.45) is 64.2. The molecule has 0 aromatic rings. The second-order valence-electron chi connectivity index (χ2n) is 31.2. The fourth-order valence-corrected chi connectivity index (χ4v) is 14.5. The van der Waals surface area contributed by atoms with E-state index in [9.17, 15) is 43.2 Å². The molecule has 0 aromatic carbocycles. The topological polar surface area (TPSA) is 237 Å². The summed E-state index contributed by atoms with van der Waals surface area (Å²) < 4.78 is 68.7. The number of carbonyl (C=O) groups is 4. The van der Waals surface area contributed by atoms with E-state index in [1.54, 1.807) is 0 Å². The van der Waals surface area contributed by atoms with Gasteiger partial charge in [-0.3, -0.25) is 37.3 Å². The predicted octanol–water partition coefficient (Wildman–Crippen LogP) is 25.3. The quantitative estimate of drug-likeness (QED) is 0.0222. The van der Waals surface area contributed by atoms with E-state index >= 15 is 0 Å². The minimum atomic E-state index is -4.96. The summed E-state index contributed by atoms with van der Waals surface area (Å²) in [5, 5.41) is 10.6. The molecule has 0 spiro atoms. The normalized spacial score (nSPS) is 14.4. The number of unbranched alkanes of at least 4 members (excludes halogenated alkanes) is 48. The van der Waals surface area contributed by atoms with Gasteiger partial charge in [0.15, 0.2) is 12.2 Å². The average molecular weight is 1510 g/mol. The molecule has 4 unspecified atom stereocenters. The molecule has 0 aromatic heterocycles. The lowest BCUT2D eigenvalue weighted by molar-refractivity contribution is -0.161. The Morgan fingerprint density at radius 3 is 0.738 bits per heavy atom. The van der Waals surface area contributed by atoms with Crippen LogP contribution in [0.1, 0.15) is 440 Å². The molecule has 3 N–H and O–H groups in total. The number of aliphatic hydroxyl groups is 1. The SMILES string of the molecule is CCCCCCCCCCCCCCCCCCCCCCC(=O)OC[C@H](COP(=O)(O)OC[C@@H](O)COP(=O)(O)OC[C@@H](COC(=O)CCCCCCCCC(C)C)OC(=O)CCCCCCCCCCC(C)CC)OC(=O)CCCCCCCCCCCCCCCCCCCCC(C)CC. The average Bonchev–Trinajstić information content (AvgIpc) is 0.912. The van der Waals surface area contributed by atoms with E-state index in [4.69, 9.17) is 37.0 Å². The summed E-state index contributed by atoms with van der Waals surface area (Å²) in [6.45, 7) is 11.9. The van der Waals surface area contributed by atoms with Gasteiger partial charge in [0.25, 0.3) is 0 Å². The van der Waals surface area contributed by atoms with Crippen LogP contribution in [-0.4, -0.2) is 96.7 Å². The zero-order chi connectivity index (χ0) is 75.8. The molecule has 0 aliphatic rings. The second-order valence-corrected chi connectivity index (χ2v) is 34.1. The third-order valence-electron chi connectivity index (χ3n) is 20.4. The van der Waals surface area contributed by atoms with Crippen LogP contribution in [0.3, 0.4) is 0 Å². The third-order valence-corrected chi connectivity index (χ3v) is 22.3. The highest BCUT2D eigenvalue weighted by atomic mass is 31.2. The zero-order valence-corrected chi connectivity index (χ0v) is 69.6. The van der Waals surface area contributed by atoms with Crippen LogP contribution in [0.4, 0.5) is 0 Å². The number of phosphoric acid groups is 2. The Balaban J connectivity index is 5.19. The number of phosphoric ester groups is 2. The van der Waals surface area contributed by atoms with Gasteiger partial charge in [0, 0.05) is 25.7 Å². The number of ether oxygens (including phenoxy) is 4. The smallest absolute Gasteiger partial charge is 0.462 e. The van der Waals surface area contributed by atoms with Crippen LogP contribution in [-0.2, 0) is 65.4 Å². The first-order valence-electron chi connectivity index (χ1n) is 43.4. The van der Waals surface area contributed by atoms with Crippen LogP contribution >= 0.6 is 15.6 Å².